The van der Waals surface area contributed by atoms with Crippen molar-refractivity contribution in [2.24, 2.45) is 0 Å². The summed E-state index contributed by atoms with van der Waals surface area (Å²) in [6.45, 7) is 3.52. The van der Waals surface area contributed by atoms with Crippen molar-refractivity contribution in [1.82, 2.24) is 9.97 Å². The fraction of sp³-hybridized carbons (Fsp3) is 0.333. The molecule has 0 bridgehead atoms. The van der Waals surface area contributed by atoms with Gasteiger partial charge in [0.15, 0.2) is 0 Å². The lowest BCUT2D eigenvalue weighted by Crippen LogP contribution is -2.21. The van der Waals surface area contributed by atoms with Gasteiger partial charge in [-0.1, -0.05) is 0 Å². The van der Waals surface area contributed by atoms with Gasteiger partial charge in [0.1, 0.15) is 0 Å². The normalized spacial score (nSPS) is 18.0. The first kappa shape index (κ1) is 13.5. The van der Waals surface area contributed by atoms with E-state index in [0.717, 1.165) is 18.7 Å². The zero-order valence-electron chi connectivity index (χ0n) is 11.8. The summed E-state index contributed by atoms with van der Waals surface area (Å²) in [5, 5.41) is 11.1. The van der Waals surface area contributed by atoms with Crippen molar-refractivity contribution in [1.29, 1.82) is 0 Å². The first-order valence-corrected chi connectivity index (χ1v) is 6.92. The van der Waals surface area contributed by atoms with Gasteiger partial charge in [0, 0.05) is 43.2 Å². The maximum atomic E-state index is 11.1. The number of hydrogen-bond acceptors (Lipinski definition) is 5. The summed E-state index contributed by atoms with van der Waals surface area (Å²) in [5.41, 5.74) is 2.30. The van der Waals surface area contributed by atoms with Crippen molar-refractivity contribution in [2.45, 2.75) is 19.3 Å². The van der Waals surface area contributed by atoms with E-state index in [0.29, 0.717) is 18.3 Å². The lowest BCUT2D eigenvalue weighted by Gasteiger charge is -2.17. The molecule has 0 aromatic carbocycles. The predicted octanol–water partition coefficient (Wildman–Crippen LogP) is 2.69. The minimum Gasteiger partial charge on any atom is -0.350 e. The standard InChI is InChI=1S/C15H16N4O2/c1-11-4-7-16-13(9-11)12-5-8-18(10-12)15-14(19(20)21)3-2-6-17-15/h2-4,6-7,9,12H,5,8,10H2,1H3. The highest BCUT2D eigenvalue weighted by Gasteiger charge is 2.29. The summed E-state index contributed by atoms with van der Waals surface area (Å²) in [6, 6.07) is 7.15. The highest BCUT2D eigenvalue weighted by molar-refractivity contribution is 5.58. The van der Waals surface area contributed by atoms with Crippen molar-refractivity contribution in [2.75, 3.05) is 18.0 Å². The van der Waals surface area contributed by atoms with E-state index < -0.39 is 0 Å². The Hall–Kier alpha value is -2.50. The van der Waals surface area contributed by atoms with Gasteiger partial charge in [-0.2, -0.15) is 0 Å². The van der Waals surface area contributed by atoms with Gasteiger partial charge in [0.25, 0.3) is 0 Å². The summed E-state index contributed by atoms with van der Waals surface area (Å²) in [5.74, 6) is 0.754. The van der Waals surface area contributed by atoms with Gasteiger partial charge in [0.05, 0.1) is 4.92 Å². The molecule has 1 fully saturated rings. The molecule has 0 radical (unpaired) electrons. The van der Waals surface area contributed by atoms with E-state index in [1.807, 2.05) is 24.1 Å². The molecule has 0 amide bonds. The summed E-state index contributed by atoms with van der Waals surface area (Å²) >= 11 is 0. The quantitative estimate of drug-likeness (QED) is 0.640. The minimum absolute atomic E-state index is 0.0651. The van der Waals surface area contributed by atoms with Crippen LogP contribution in [0.25, 0.3) is 0 Å². The Morgan fingerprint density at radius 1 is 1.33 bits per heavy atom. The lowest BCUT2D eigenvalue weighted by molar-refractivity contribution is -0.384. The zero-order chi connectivity index (χ0) is 14.8. The molecule has 1 unspecified atom stereocenters. The molecule has 6 nitrogen and oxygen atoms in total. The summed E-state index contributed by atoms with van der Waals surface area (Å²) in [7, 11) is 0. The molecule has 0 N–H and O–H groups in total. The zero-order valence-corrected chi connectivity index (χ0v) is 11.8. The summed E-state index contributed by atoms with van der Waals surface area (Å²) < 4.78 is 0. The second kappa shape index (κ2) is 5.47. The number of hydrogen-bond donors (Lipinski definition) is 0. The molecule has 1 atom stereocenters. The number of aryl methyl sites for hydroxylation is 1. The van der Waals surface area contributed by atoms with E-state index in [4.69, 9.17) is 0 Å². The monoisotopic (exact) mass is 284 g/mol. The molecule has 6 heteroatoms. The van der Waals surface area contributed by atoms with Gasteiger partial charge < -0.3 is 4.90 Å². The van der Waals surface area contributed by atoms with Crippen LogP contribution in [0.2, 0.25) is 0 Å². The van der Waals surface area contributed by atoms with Gasteiger partial charge in [-0.25, -0.2) is 4.98 Å². The van der Waals surface area contributed by atoms with Crippen LogP contribution in [0.3, 0.4) is 0 Å². The van der Waals surface area contributed by atoms with Crippen LogP contribution >= 0.6 is 0 Å². The van der Waals surface area contributed by atoms with Crippen LogP contribution in [0.15, 0.2) is 36.7 Å². The molecule has 1 aliphatic heterocycles. The van der Waals surface area contributed by atoms with Gasteiger partial charge in [0.2, 0.25) is 5.82 Å². The largest absolute Gasteiger partial charge is 0.350 e. The molecule has 3 rings (SSSR count). The van der Waals surface area contributed by atoms with Crippen LogP contribution in [-0.2, 0) is 0 Å². The average Bonchev–Trinajstić information content (AvgIpc) is 2.97. The molecule has 1 saturated heterocycles. The molecule has 2 aromatic heterocycles. The summed E-state index contributed by atoms with van der Waals surface area (Å²) in [4.78, 5) is 21.3. The van der Waals surface area contributed by atoms with Gasteiger partial charge >= 0.3 is 5.69 Å². The Morgan fingerprint density at radius 3 is 2.95 bits per heavy atom. The molecule has 0 saturated carbocycles. The van der Waals surface area contributed by atoms with Crippen LogP contribution in [0.5, 0.6) is 0 Å². The predicted molar refractivity (Wildman–Crippen MR) is 79.4 cm³/mol. The second-order valence-corrected chi connectivity index (χ2v) is 5.29. The number of anilines is 1. The molecule has 1 aliphatic rings. The van der Waals surface area contributed by atoms with Crippen LogP contribution in [-0.4, -0.2) is 28.0 Å². The van der Waals surface area contributed by atoms with Gasteiger partial charge in [-0.3, -0.25) is 15.1 Å². The molecular weight excluding hydrogens is 268 g/mol. The number of rotatable bonds is 3. The Balaban J connectivity index is 1.83. The average molecular weight is 284 g/mol. The molecule has 21 heavy (non-hydrogen) atoms. The Labute approximate surface area is 122 Å². The second-order valence-electron chi connectivity index (χ2n) is 5.29. The molecule has 0 aliphatic carbocycles. The maximum absolute atomic E-state index is 11.1. The molecule has 0 spiro atoms. The highest BCUT2D eigenvalue weighted by atomic mass is 16.6. The van der Waals surface area contributed by atoms with E-state index in [1.54, 1.807) is 12.3 Å². The van der Waals surface area contributed by atoms with E-state index in [-0.39, 0.29) is 10.6 Å². The Kier molecular flexibility index (Phi) is 3.51. The Morgan fingerprint density at radius 2 is 2.19 bits per heavy atom. The molecular formula is C15H16N4O2. The maximum Gasteiger partial charge on any atom is 0.311 e. The van der Waals surface area contributed by atoms with Crippen LogP contribution < -0.4 is 4.90 Å². The fourth-order valence-corrected chi connectivity index (χ4v) is 2.75. The minimum atomic E-state index is -0.374. The van der Waals surface area contributed by atoms with Crippen LogP contribution in [0.1, 0.15) is 23.6 Å². The van der Waals surface area contributed by atoms with E-state index in [1.165, 1.54) is 11.6 Å². The van der Waals surface area contributed by atoms with Gasteiger partial charge in [-0.05, 0) is 37.1 Å². The van der Waals surface area contributed by atoms with E-state index in [9.17, 15) is 10.1 Å². The SMILES string of the molecule is Cc1ccnc(C2CCN(c3ncccc3[N+](=O)[O-])C2)c1. The highest BCUT2D eigenvalue weighted by Crippen LogP contribution is 2.33. The first-order chi connectivity index (χ1) is 10.1. The number of aromatic nitrogens is 2. The number of nitro groups is 1. The van der Waals surface area contributed by atoms with Crippen molar-refractivity contribution in [3.05, 3.63) is 58.0 Å². The van der Waals surface area contributed by atoms with E-state index >= 15 is 0 Å². The van der Waals surface area contributed by atoms with Crippen LogP contribution in [0, 0.1) is 17.0 Å². The lowest BCUT2D eigenvalue weighted by atomic mass is 10.0. The van der Waals surface area contributed by atoms with Crippen molar-refractivity contribution in [3.8, 4) is 0 Å². The third-order valence-electron chi connectivity index (χ3n) is 3.81. The third-order valence-corrected chi connectivity index (χ3v) is 3.81. The Bertz CT molecular complexity index is 674. The van der Waals surface area contributed by atoms with Gasteiger partial charge in [-0.15, -0.1) is 0 Å². The number of nitrogens with zero attached hydrogens (tertiary/aromatic N) is 4. The smallest absolute Gasteiger partial charge is 0.311 e. The summed E-state index contributed by atoms with van der Waals surface area (Å²) in [6.07, 6.45) is 4.35. The van der Waals surface area contributed by atoms with Crippen LogP contribution in [0.4, 0.5) is 11.5 Å². The first-order valence-electron chi connectivity index (χ1n) is 6.92. The molecule has 2 aromatic rings. The van der Waals surface area contributed by atoms with E-state index in [2.05, 4.69) is 16.0 Å². The van der Waals surface area contributed by atoms with Crippen molar-refractivity contribution < 1.29 is 4.92 Å². The molecule has 3 heterocycles. The number of pyridine rings is 2. The topological polar surface area (TPSA) is 72.2 Å². The fourth-order valence-electron chi connectivity index (χ4n) is 2.75. The van der Waals surface area contributed by atoms with Crippen molar-refractivity contribution in [3.63, 3.8) is 0 Å². The molecule has 108 valence electrons. The third kappa shape index (κ3) is 2.69. The van der Waals surface area contributed by atoms with Crippen molar-refractivity contribution >= 4 is 11.5 Å².